The highest BCUT2D eigenvalue weighted by molar-refractivity contribution is 7.71. The van der Waals surface area contributed by atoms with Gasteiger partial charge in [0.15, 0.2) is 4.77 Å². The van der Waals surface area contributed by atoms with Gasteiger partial charge in [0.25, 0.3) is 0 Å². The number of nitrogens with zero attached hydrogens (tertiary/aromatic N) is 2. The minimum atomic E-state index is 0.432. The molecule has 1 aromatic rings. The summed E-state index contributed by atoms with van der Waals surface area (Å²) in [5.74, 6) is 2.47. The molecule has 1 heterocycles. The molecule has 16 heavy (non-hydrogen) atoms. The van der Waals surface area contributed by atoms with Crippen LogP contribution in [0.1, 0.15) is 64.2 Å². The third-order valence-electron chi connectivity index (χ3n) is 3.39. The minimum Gasteiger partial charge on any atom is -0.301 e. The topological polar surface area (TPSA) is 33.6 Å². The lowest BCUT2D eigenvalue weighted by molar-refractivity contribution is 0.406. The van der Waals surface area contributed by atoms with Crippen molar-refractivity contribution in [2.75, 3.05) is 0 Å². The molecule has 0 amide bonds. The zero-order valence-corrected chi connectivity index (χ0v) is 11.2. The standard InChI is InChI=1S/C12H21N3S/c1-4-10(7-9-5-6-9)15-11(8(2)3)13-14-12(15)16/h8-10H,4-7H2,1-3H3,(H,14,16). The van der Waals surface area contributed by atoms with E-state index < -0.39 is 0 Å². The van der Waals surface area contributed by atoms with Crippen LogP contribution in [0.4, 0.5) is 0 Å². The van der Waals surface area contributed by atoms with Crippen molar-refractivity contribution in [1.82, 2.24) is 14.8 Å². The predicted molar refractivity (Wildman–Crippen MR) is 68.2 cm³/mol. The highest BCUT2D eigenvalue weighted by Gasteiger charge is 2.27. The number of hydrogen-bond donors (Lipinski definition) is 1. The van der Waals surface area contributed by atoms with Crippen LogP contribution in [0.25, 0.3) is 0 Å². The summed E-state index contributed by atoms with van der Waals surface area (Å²) in [6, 6.07) is 0.538. The van der Waals surface area contributed by atoms with Gasteiger partial charge in [0, 0.05) is 12.0 Å². The van der Waals surface area contributed by atoms with Crippen LogP contribution in [0.15, 0.2) is 0 Å². The van der Waals surface area contributed by atoms with Gasteiger partial charge in [-0.1, -0.05) is 33.6 Å². The van der Waals surface area contributed by atoms with Crippen LogP contribution in [0.3, 0.4) is 0 Å². The van der Waals surface area contributed by atoms with Crippen molar-refractivity contribution in [2.45, 2.75) is 58.4 Å². The maximum atomic E-state index is 5.35. The Bertz CT molecular complexity index is 401. The Hall–Kier alpha value is -0.640. The Morgan fingerprint density at radius 1 is 1.50 bits per heavy atom. The van der Waals surface area contributed by atoms with Crippen molar-refractivity contribution in [3.63, 3.8) is 0 Å². The molecule has 1 atom stereocenters. The summed E-state index contributed by atoms with van der Waals surface area (Å²) in [7, 11) is 0. The van der Waals surface area contributed by atoms with Crippen LogP contribution < -0.4 is 0 Å². The lowest BCUT2D eigenvalue weighted by Gasteiger charge is -2.19. The fraction of sp³-hybridized carbons (Fsp3) is 0.833. The average molecular weight is 239 g/mol. The van der Waals surface area contributed by atoms with Crippen molar-refractivity contribution in [2.24, 2.45) is 5.92 Å². The summed E-state index contributed by atoms with van der Waals surface area (Å²) in [4.78, 5) is 0. The fourth-order valence-corrected chi connectivity index (χ4v) is 2.56. The van der Waals surface area contributed by atoms with E-state index in [-0.39, 0.29) is 0 Å². The van der Waals surface area contributed by atoms with Gasteiger partial charge < -0.3 is 4.57 Å². The molecule has 90 valence electrons. The molecule has 2 rings (SSSR count). The lowest BCUT2D eigenvalue weighted by Crippen LogP contribution is -2.13. The first kappa shape index (κ1) is 11.8. The molecule has 0 bridgehead atoms. The molecule has 0 aromatic carbocycles. The number of hydrogen-bond acceptors (Lipinski definition) is 2. The molecule has 1 aliphatic carbocycles. The highest BCUT2D eigenvalue weighted by atomic mass is 32.1. The Morgan fingerprint density at radius 2 is 2.19 bits per heavy atom. The molecular weight excluding hydrogens is 218 g/mol. The quantitative estimate of drug-likeness (QED) is 0.793. The maximum Gasteiger partial charge on any atom is 0.195 e. The van der Waals surface area contributed by atoms with Gasteiger partial charge >= 0.3 is 0 Å². The molecular formula is C12H21N3S. The summed E-state index contributed by atoms with van der Waals surface area (Å²) in [5.41, 5.74) is 0. The van der Waals surface area contributed by atoms with E-state index in [2.05, 4.69) is 35.5 Å². The Labute approximate surface area is 102 Å². The summed E-state index contributed by atoms with van der Waals surface area (Å²) in [5, 5.41) is 7.30. The normalized spacial score (nSPS) is 18.0. The van der Waals surface area contributed by atoms with Crippen LogP contribution in [-0.2, 0) is 0 Å². The van der Waals surface area contributed by atoms with Crippen molar-refractivity contribution < 1.29 is 0 Å². The fourth-order valence-electron chi connectivity index (χ4n) is 2.27. The van der Waals surface area contributed by atoms with Crippen molar-refractivity contribution in [3.05, 3.63) is 10.6 Å². The smallest absolute Gasteiger partial charge is 0.195 e. The first-order chi connectivity index (χ1) is 7.63. The SMILES string of the molecule is CCC(CC1CC1)n1c(C(C)C)n[nH]c1=S. The molecule has 0 radical (unpaired) electrons. The van der Waals surface area contributed by atoms with Crippen LogP contribution >= 0.6 is 12.2 Å². The molecule has 0 spiro atoms. The van der Waals surface area contributed by atoms with E-state index in [1.807, 2.05) is 0 Å². The third kappa shape index (κ3) is 2.37. The van der Waals surface area contributed by atoms with E-state index in [0.717, 1.165) is 22.9 Å². The lowest BCUT2D eigenvalue weighted by atomic mass is 10.1. The molecule has 1 unspecified atom stereocenters. The van der Waals surface area contributed by atoms with E-state index in [9.17, 15) is 0 Å². The van der Waals surface area contributed by atoms with E-state index in [0.29, 0.717) is 12.0 Å². The number of aromatic amines is 1. The van der Waals surface area contributed by atoms with Gasteiger partial charge in [-0.15, -0.1) is 0 Å². The van der Waals surface area contributed by atoms with Gasteiger partial charge in [-0.2, -0.15) is 5.10 Å². The second-order valence-electron chi connectivity index (χ2n) is 5.15. The predicted octanol–water partition coefficient (Wildman–Crippen LogP) is 3.82. The van der Waals surface area contributed by atoms with Gasteiger partial charge in [-0.3, -0.25) is 5.10 Å². The molecule has 1 fully saturated rings. The average Bonchev–Trinajstić information content (AvgIpc) is 2.97. The summed E-state index contributed by atoms with van der Waals surface area (Å²) < 4.78 is 3.04. The van der Waals surface area contributed by atoms with Gasteiger partial charge in [-0.05, 0) is 31.0 Å². The van der Waals surface area contributed by atoms with Crippen LogP contribution in [0.2, 0.25) is 0 Å². The minimum absolute atomic E-state index is 0.432. The van der Waals surface area contributed by atoms with Crippen molar-refractivity contribution in [3.8, 4) is 0 Å². The van der Waals surface area contributed by atoms with Gasteiger partial charge in [0.05, 0.1) is 0 Å². The van der Waals surface area contributed by atoms with Crippen LogP contribution in [0, 0.1) is 10.7 Å². The molecule has 4 heteroatoms. The van der Waals surface area contributed by atoms with Gasteiger partial charge in [0.2, 0.25) is 0 Å². The third-order valence-corrected chi connectivity index (χ3v) is 3.67. The zero-order valence-electron chi connectivity index (χ0n) is 10.4. The molecule has 1 N–H and O–H groups in total. The van der Waals surface area contributed by atoms with E-state index in [4.69, 9.17) is 12.2 Å². The Morgan fingerprint density at radius 3 is 2.69 bits per heavy atom. The van der Waals surface area contributed by atoms with E-state index >= 15 is 0 Å². The Balaban J connectivity index is 2.27. The first-order valence-corrected chi connectivity index (χ1v) is 6.71. The number of H-pyrrole nitrogens is 1. The first-order valence-electron chi connectivity index (χ1n) is 6.30. The summed E-state index contributed by atoms with van der Waals surface area (Å²) >= 11 is 5.35. The number of rotatable bonds is 5. The van der Waals surface area contributed by atoms with Crippen molar-refractivity contribution >= 4 is 12.2 Å². The van der Waals surface area contributed by atoms with Gasteiger partial charge in [0.1, 0.15) is 5.82 Å². The largest absolute Gasteiger partial charge is 0.301 e. The molecule has 1 aliphatic rings. The van der Waals surface area contributed by atoms with E-state index in [1.54, 1.807) is 0 Å². The number of aromatic nitrogens is 3. The molecule has 1 aromatic heterocycles. The molecule has 1 saturated carbocycles. The second-order valence-corrected chi connectivity index (χ2v) is 5.54. The van der Waals surface area contributed by atoms with Gasteiger partial charge in [-0.25, -0.2) is 0 Å². The monoisotopic (exact) mass is 239 g/mol. The summed E-state index contributed by atoms with van der Waals surface area (Å²) in [6.07, 6.45) is 5.21. The second kappa shape index (κ2) is 4.70. The van der Waals surface area contributed by atoms with Crippen LogP contribution in [-0.4, -0.2) is 14.8 Å². The Kier molecular flexibility index (Phi) is 3.47. The molecule has 0 saturated heterocycles. The summed E-state index contributed by atoms with van der Waals surface area (Å²) in [6.45, 7) is 6.59. The van der Waals surface area contributed by atoms with E-state index in [1.165, 1.54) is 19.3 Å². The molecule has 3 nitrogen and oxygen atoms in total. The molecule has 0 aliphatic heterocycles. The number of nitrogens with one attached hydrogen (secondary N) is 1. The van der Waals surface area contributed by atoms with Crippen LogP contribution in [0.5, 0.6) is 0 Å². The van der Waals surface area contributed by atoms with Crippen molar-refractivity contribution in [1.29, 1.82) is 0 Å². The highest BCUT2D eigenvalue weighted by Crippen LogP contribution is 2.38. The zero-order chi connectivity index (χ0) is 11.7. The maximum absolute atomic E-state index is 5.35.